The van der Waals surface area contributed by atoms with Gasteiger partial charge in [-0.05, 0) is 62.9 Å². The second-order valence-electron chi connectivity index (χ2n) is 8.36. The van der Waals surface area contributed by atoms with E-state index in [1.54, 1.807) is 7.11 Å². The van der Waals surface area contributed by atoms with Crippen LogP contribution in [0.3, 0.4) is 0 Å². The summed E-state index contributed by atoms with van der Waals surface area (Å²) in [5, 5.41) is 6.74. The van der Waals surface area contributed by atoms with Gasteiger partial charge in [-0.3, -0.25) is 0 Å². The Morgan fingerprint density at radius 2 is 1.88 bits per heavy atom. The predicted molar refractivity (Wildman–Crippen MR) is 146 cm³/mol. The van der Waals surface area contributed by atoms with Gasteiger partial charge in [-0.1, -0.05) is 18.2 Å². The summed E-state index contributed by atoms with van der Waals surface area (Å²) in [6.45, 7) is 12.3. The van der Waals surface area contributed by atoms with Crippen molar-refractivity contribution in [3.8, 4) is 5.75 Å². The van der Waals surface area contributed by atoms with Gasteiger partial charge < -0.3 is 25.0 Å². The van der Waals surface area contributed by atoms with Crippen molar-refractivity contribution in [3.05, 3.63) is 53.2 Å². The standard InChI is InChI=1S/C25H37N5O2.HI/c1-6-26-25(27-12-11-21-8-7-18(2)23(13-21)31-5)29-15-22-9-10-24(28-14-22)30-16-19(3)32-20(4)17-30;/h7-10,13-14,19-20H,6,11-12,15-17H2,1-5H3,(H2,26,27,29);1H. The minimum atomic E-state index is 0. The summed E-state index contributed by atoms with van der Waals surface area (Å²) < 4.78 is 11.2. The number of anilines is 1. The molecule has 1 saturated heterocycles. The highest BCUT2D eigenvalue weighted by atomic mass is 127. The molecule has 1 aliphatic heterocycles. The Kier molecular flexibility index (Phi) is 11.2. The molecule has 0 saturated carbocycles. The third kappa shape index (κ3) is 8.33. The van der Waals surface area contributed by atoms with Crippen LogP contribution in [0.5, 0.6) is 5.75 Å². The molecule has 8 heteroatoms. The summed E-state index contributed by atoms with van der Waals surface area (Å²) in [5.74, 6) is 2.74. The Balaban J connectivity index is 0.00000385. The van der Waals surface area contributed by atoms with E-state index in [9.17, 15) is 0 Å². The quantitative estimate of drug-likeness (QED) is 0.286. The lowest BCUT2D eigenvalue weighted by Crippen LogP contribution is -2.45. The maximum absolute atomic E-state index is 5.82. The first-order valence-electron chi connectivity index (χ1n) is 11.5. The normalized spacial score (nSPS) is 18.5. The summed E-state index contributed by atoms with van der Waals surface area (Å²) in [6, 6.07) is 10.5. The highest BCUT2D eigenvalue weighted by Gasteiger charge is 2.22. The fourth-order valence-electron chi connectivity index (χ4n) is 3.92. The molecule has 0 radical (unpaired) electrons. The van der Waals surface area contributed by atoms with Crippen molar-refractivity contribution in [2.75, 3.05) is 38.2 Å². The molecule has 1 fully saturated rings. The lowest BCUT2D eigenvalue weighted by molar-refractivity contribution is -0.00545. The van der Waals surface area contributed by atoms with Crippen LogP contribution in [-0.4, -0.2) is 56.4 Å². The van der Waals surface area contributed by atoms with Crippen LogP contribution in [0.1, 0.15) is 37.5 Å². The van der Waals surface area contributed by atoms with Crippen molar-refractivity contribution in [2.45, 2.75) is 52.9 Å². The summed E-state index contributed by atoms with van der Waals surface area (Å²) >= 11 is 0. The van der Waals surface area contributed by atoms with E-state index in [1.807, 2.05) is 6.20 Å². The zero-order valence-electron chi connectivity index (χ0n) is 20.4. The SMILES string of the molecule is CCNC(=NCc1ccc(N2CC(C)OC(C)C2)nc1)NCCc1ccc(C)c(OC)c1.I. The number of halogens is 1. The van der Waals surface area contributed by atoms with Crippen LogP contribution >= 0.6 is 24.0 Å². The number of aromatic nitrogens is 1. The number of aliphatic imine (C=N–C) groups is 1. The summed E-state index contributed by atoms with van der Waals surface area (Å²) in [7, 11) is 1.71. The molecule has 0 amide bonds. The smallest absolute Gasteiger partial charge is 0.191 e. The second kappa shape index (κ2) is 13.6. The molecule has 2 aromatic rings. The second-order valence-corrected chi connectivity index (χ2v) is 8.36. The largest absolute Gasteiger partial charge is 0.496 e. The van der Waals surface area contributed by atoms with Gasteiger partial charge in [0.2, 0.25) is 0 Å². The van der Waals surface area contributed by atoms with Crippen molar-refractivity contribution >= 4 is 35.8 Å². The van der Waals surface area contributed by atoms with E-state index in [4.69, 9.17) is 14.5 Å². The van der Waals surface area contributed by atoms with Gasteiger partial charge in [0.05, 0.1) is 25.9 Å². The minimum absolute atomic E-state index is 0. The van der Waals surface area contributed by atoms with Crippen LogP contribution in [-0.2, 0) is 17.7 Å². The number of hydrogen-bond acceptors (Lipinski definition) is 5. The van der Waals surface area contributed by atoms with Gasteiger partial charge in [0, 0.05) is 32.4 Å². The van der Waals surface area contributed by atoms with Crippen molar-refractivity contribution in [1.29, 1.82) is 0 Å². The van der Waals surface area contributed by atoms with Gasteiger partial charge in [0.1, 0.15) is 11.6 Å². The molecule has 0 aliphatic carbocycles. The molecule has 0 spiro atoms. The van der Waals surface area contributed by atoms with Gasteiger partial charge in [-0.2, -0.15) is 0 Å². The van der Waals surface area contributed by atoms with Gasteiger partial charge >= 0.3 is 0 Å². The molecule has 2 N–H and O–H groups in total. The van der Waals surface area contributed by atoms with E-state index in [0.717, 1.165) is 61.3 Å². The average Bonchev–Trinajstić information content (AvgIpc) is 2.78. The number of methoxy groups -OCH3 is 1. The van der Waals surface area contributed by atoms with E-state index in [1.165, 1.54) is 5.56 Å². The fourth-order valence-corrected chi connectivity index (χ4v) is 3.92. The monoisotopic (exact) mass is 567 g/mol. The number of ether oxygens (including phenoxy) is 2. The number of nitrogens with one attached hydrogen (secondary N) is 2. The van der Waals surface area contributed by atoms with Gasteiger partial charge in [-0.15, -0.1) is 24.0 Å². The fraction of sp³-hybridized carbons (Fsp3) is 0.520. The Labute approximate surface area is 215 Å². The van der Waals surface area contributed by atoms with Crippen molar-refractivity contribution in [3.63, 3.8) is 0 Å². The third-order valence-corrected chi connectivity index (χ3v) is 5.50. The molecule has 2 atom stereocenters. The zero-order valence-corrected chi connectivity index (χ0v) is 22.8. The highest BCUT2D eigenvalue weighted by Crippen LogP contribution is 2.20. The summed E-state index contributed by atoms with van der Waals surface area (Å²) in [5.41, 5.74) is 3.47. The van der Waals surface area contributed by atoms with Crippen LogP contribution < -0.4 is 20.3 Å². The number of hydrogen-bond donors (Lipinski definition) is 2. The number of guanidine groups is 1. The topological polar surface area (TPSA) is 71.0 Å². The molecular formula is C25H38IN5O2. The molecule has 7 nitrogen and oxygen atoms in total. The lowest BCUT2D eigenvalue weighted by atomic mass is 10.1. The van der Waals surface area contributed by atoms with E-state index >= 15 is 0 Å². The van der Waals surface area contributed by atoms with Crippen LogP contribution in [0.2, 0.25) is 0 Å². The molecular weight excluding hydrogens is 529 g/mol. The van der Waals surface area contributed by atoms with Crippen LogP contribution in [0.15, 0.2) is 41.5 Å². The van der Waals surface area contributed by atoms with Crippen molar-refractivity contribution < 1.29 is 9.47 Å². The van der Waals surface area contributed by atoms with E-state index in [2.05, 4.69) is 78.5 Å². The molecule has 0 bridgehead atoms. The molecule has 182 valence electrons. The summed E-state index contributed by atoms with van der Waals surface area (Å²) in [6.07, 6.45) is 3.26. The molecule has 1 aromatic carbocycles. The number of nitrogens with zero attached hydrogens (tertiary/aromatic N) is 3. The first kappa shape index (κ1) is 27.2. The average molecular weight is 568 g/mol. The molecule has 3 rings (SSSR count). The molecule has 2 heterocycles. The van der Waals surface area contributed by atoms with Gasteiger partial charge in [-0.25, -0.2) is 9.98 Å². The first-order chi connectivity index (χ1) is 15.5. The van der Waals surface area contributed by atoms with Crippen LogP contribution in [0, 0.1) is 6.92 Å². The zero-order chi connectivity index (χ0) is 22.9. The third-order valence-electron chi connectivity index (χ3n) is 5.50. The van der Waals surface area contributed by atoms with E-state index < -0.39 is 0 Å². The maximum Gasteiger partial charge on any atom is 0.191 e. The lowest BCUT2D eigenvalue weighted by Gasteiger charge is -2.36. The van der Waals surface area contributed by atoms with Gasteiger partial charge in [0.25, 0.3) is 0 Å². The van der Waals surface area contributed by atoms with E-state index in [0.29, 0.717) is 6.54 Å². The maximum atomic E-state index is 5.82. The minimum Gasteiger partial charge on any atom is -0.496 e. The molecule has 33 heavy (non-hydrogen) atoms. The van der Waals surface area contributed by atoms with E-state index in [-0.39, 0.29) is 36.2 Å². The van der Waals surface area contributed by atoms with Crippen molar-refractivity contribution in [1.82, 2.24) is 15.6 Å². The number of rotatable bonds is 8. The van der Waals surface area contributed by atoms with Crippen molar-refractivity contribution in [2.24, 2.45) is 4.99 Å². The molecule has 1 aliphatic rings. The number of pyridine rings is 1. The Morgan fingerprint density at radius 1 is 1.15 bits per heavy atom. The Bertz CT molecular complexity index is 881. The number of aryl methyl sites for hydroxylation is 1. The Hall–Kier alpha value is -2.07. The van der Waals surface area contributed by atoms with Gasteiger partial charge in [0.15, 0.2) is 5.96 Å². The first-order valence-corrected chi connectivity index (χ1v) is 11.5. The summed E-state index contributed by atoms with van der Waals surface area (Å²) in [4.78, 5) is 11.7. The van der Waals surface area contributed by atoms with Crippen LogP contribution in [0.25, 0.3) is 0 Å². The predicted octanol–water partition coefficient (Wildman–Crippen LogP) is 3.93. The Morgan fingerprint density at radius 3 is 2.52 bits per heavy atom. The molecule has 2 unspecified atom stereocenters. The highest BCUT2D eigenvalue weighted by molar-refractivity contribution is 14.0. The molecule has 1 aromatic heterocycles. The van der Waals surface area contributed by atoms with Crippen LogP contribution in [0.4, 0.5) is 5.82 Å². The number of morpholine rings is 1. The number of benzene rings is 1.